The smallest absolute Gasteiger partial charge is 0.269 e. The third-order valence-electron chi connectivity index (χ3n) is 2.52. The van der Waals surface area contributed by atoms with Crippen molar-refractivity contribution >= 4 is 10.1 Å². The van der Waals surface area contributed by atoms with Crippen LogP contribution in [-0.2, 0) is 15.9 Å². The van der Waals surface area contributed by atoms with E-state index in [-0.39, 0.29) is 11.8 Å². The van der Waals surface area contributed by atoms with Gasteiger partial charge >= 0.3 is 0 Å². The SMILES string of the molecule is CC(N)c1ccccc1.O=S(=O)(O)Cc1ccccc1. The second-order valence-corrected chi connectivity index (χ2v) is 5.86. The highest BCUT2D eigenvalue weighted by atomic mass is 32.2. The Balaban J connectivity index is 0.000000204. The van der Waals surface area contributed by atoms with Crippen molar-refractivity contribution in [3.63, 3.8) is 0 Å². The second-order valence-electron chi connectivity index (χ2n) is 4.41. The standard InChI is InChI=1S/C8H11N.C7H8O3S/c1-7(9)8-5-3-2-4-6-8;8-11(9,10)6-7-4-2-1-3-5-7/h2-7H,9H2,1H3;1-5H,6H2,(H,8,9,10). The normalized spacial score (nSPS) is 12.2. The maximum absolute atomic E-state index is 10.4. The maximum atomic E-state index is 10.4. The van der Waals surface area contributed by atoms with Crippen molar-refractivity contribution in [2.75, 3.05) is 0 Å². The molecule has 2 rings (SSSR count). The van der Waals surface area contributed by atoms with Crippen molar-refractivity contribution < 1.29 is 13.0 Å². The molecule has 20 heavy (non-hydrogen) atoms. The fourth-order valence-electron chi connectivity index (χ4n) is 1.54. The summed E-state index contributed by atoms with van der Waals surface area (Å²) in [5.41, 5.74) is 7.40. The molecule has 0 spiro atoms. The van der Waals surface area contributed by atoms with Crippen LogP contribution < -0.4 is 5.73 Å². The van der Waals surface area contributed by atoms with Gasteiger partial charge in [0, 0.05) is 6.04 Å². The molecular formula is C15H19NO3S. The first-order chi connectivity index (χ1) is 9.38. The predicted molar refractivity (Wildman–Crippen MR) is 80.7 cm³/mol. The lowest BCUT2D eigenvalue weighted by Crippen LogP contribution is -2.03. The number of benzene rings is 2. The van der Waals surface area contributed by atoms with Crippen molar-refractivity contribution in [3.8, 4) is 0 Å². The van der Waals surface area contributed by atoms with Crippen LogP contribution in [0.25, 0.3) is 0 Å². The first kappa shape index (κ1) is 16.4. The first-order valence-corrected chi connectivity index (χ1v) is 7.79. The van der Waals surface area contributed by atoms with Gasteiger partial charge in [-0.1, -0.05) is 60.7 Å². The van der Waals surface area contributed by atoms with Crippen LogP contribution in [0.2, 0.25) is 0 Å². The molecular weight excluding hydrogens is 274 g/mol. The summed E-state index contributed by atoms with van der Waals surface area (Å²) in [6.45, 7) is 1.98. The molecule has 0 amide bonds. The molecule has 0 aliphatic heterocycles. The Kier molecular flexibility index (Phi) is 6.38. The van der Waals surface area contributed by atoms with Gasteiger partial charge in [-0.05, 0) is 18.1 Å². The van der Waals surface area contributed by atoms with E-state index >= 15 is 0 Å². The minimum atomic E-state index is -3.88. The molecule has 0 heterocycles. The minimum Gasteiger partial charge on any atom is -0.324 e. The van der Waals surface area contributed by atoms with E-state index in [4.69, 9.17) is 10.3 Å². The molecule has 0 aliphatic carbocycles. The molecule has 0 saturated carbocycles. The van der Waals surface area contributed by atoms with E-state index in [1.165, 1.54) is 5.56 Å². The Morgan fingerprint density at radius 3 is 1.80 bits per heavy atom. The molecule has 0 aromatic heterocycles. The van der Waals surface area contributed by atoms with E-state index in [9.17, 15) is 8.42 Å². The highest BCUT2D eigenvalue weighted by Crippen LogP contribution is 2.06. The maximum Gasteiger partial charge on any atom is 0.269 e. The Morgan fingerprint density at radius 1 is 1.00 bits per heavy atom. The van der Waals surface area contributed by atoms with Crippen LogP contribution in [0.5, 0.6) is 0 Å². The predicted octanol–water partition coefficient (Wildman–Crippen LogP) is 2.78. The summed E-state index contributed by atoms with van der Waals surface area (Å²) in [6, 6.07) is 18.7. The van der Waals surface area contributed by atoms with Crippen LogP contribution in [0.1, 0.15) is 24.1 Å². The van der Waals surface area contributed by atoms with Gasteiger partial charge in [0.15, 0.2) is 0 Å². The van der Waals surface area contributed by atoms with E-state index in [1.54, 1.807) is 30.3 Å². The Labute approximate surface area is 120 Å². The van der Waals surface area contributed by atoms with E-state index in [0.29, 0.717) is 5.56 Å². The van der Waals surface area contributed by atoms with Gasteiger partial charge in [-0.15, -0.1) is 0 Å². The van der Waals surface area contributed by atoms with Crippen LogP contribution in [-0.4, -0.2) is 13.0 Å². The van der Waals surface area contributed by atoms with Crippen molar-refractivity contribution in [2.24, 2.45) is 5.73 Å². The van der Waals surface area contributed by atoms with Crippen molar-refractivity contribution in [2.45, 2.75) is 18.7 Å². The number of hydrogen-bond donors (Lipinski definition) is 2. The molecule has 0 bridgehead atoms. The Hall–Kier alpha value is -1.69. The number of nitrogens with two attached hydrogens (primary N) is 1. The van der Waals surface area contributed by atoms with E-state index in [2.05, 4.69) is 0 Å². The van der Waals surface area contributed by atoms with Gasteiger partial charge in [-0.3, -0.25) is 4.55 Å². The number of hydrogen-bond acceptors (Lipinski definition) is 3. The van der Waals surface area contributed by atoms with Gasteiger partial charge in [-0.25, -0.2) is 0 Å². The average molecular weight is 293 g/mol. The lowest BCUT2D eigenvalue weighted by Gasteiger charge is -2.02. The molecule has 1 unspecified atom stereocenters. The third kappa shape index (κ3) is 7.04. The van der Waals surface area contributed by atoms with Crippen LogP contribution in [0.4, 0.5) is 0 Å². The van der Waals surface area contributed by atoms with Crippen LogP contribution in [0.3, 0.4) is 0 Å². The zero-order valence-corrected chi connectivity index (χ0v) is 12.1. The van der Waals surface area contributed by atoms with Gasteiger partial charge in [0.05, 0.1) is 0 Å². The number of rotatable bonds is 3. The topological polar surface area (TPSA) is 80.4 Å². The zero-order chi connectivity index (χ0) is 15.0. The summed E-state index contributed by atoms with van der Waals surface area (Å²) in [7, 11) is -3.88. The molecule has 0 saturated heterocycles. The molecule has 0 aliphatic rings. The van der Waals surface area contributed by atoms with Crippen molar-refractivity contribution in [3.05, 3.63) is 71.8 Å². The largest absolute Gasteiger partial charge is 0.324 e. The van der Waals surface area contributed by atoms with Gasteiger partial charge in [-0.2, -0.15) is 8.42 Å². The zero-order valence-electron chi connectivity index (χ0n) is 11.3. The van der Waals surface area contributed by atoms with E-state index in [0.717, 1.165) is 0 Å². The van der Waals surface area contributed by atoms with Crippen LogP contribution in [0, 0.1) is 0 Å². The summed E-state index contributed by atoms with van der Waals surface area (Å²) in [5.74, 6) is -0.312. The molecule has 0 radical (unpaired) electrons. The second kappa shape index (κ2) is 7.79. The van der Waals surface area contributed by atoms with Gasteiger partial charge < -0.3 is 5.73 Å². The lowest BCUT2D eigenvalue weighted by molar-refractivity contribution is 0.482. The van der Waals surface area contributed by atoms with Gasteiger partial charge in [0.2, 0.25) is 0 Å². The van der Waals surface area contributed by atoms with E-state index in [1.807, 2.05) is 37.3 Å². The summed E-state index contributed by atoms with van der Waals surface area (Å²) < 4.78 is 29.2. The summed E-state index contributed by atoms with van der Waals surface area (Å²) in [4.78, 5) is 0. The minimum absolute atomic E-state index is 0.159. The molecule has 1 atom stereocenters. The third-order valence-corrected chi connectivity index (χ3v) is 3.22. The van der Waals surface area contributed by atoms with Crippen LogP contribution >= 0.6 is 0 Å². The molecule has 2 aromatic carbocycles. The Morgan fingerprint density at radius 2 is 1.45 bits per heavy atom. The van der Waals surface area contributed by atoms with Crippen molar-refractivity contribution in [1.29, 1.82) is 0 Å². The van der Waals surface area contributed by atoms with Gasteiger partial charge in [0.25, 0.3) is 10.1 Å². The van der Waals surface area contributed by atoms with Gasteiger partial charge in [0.1, 0.15) is 5.75 Å². The quantitative estimate of drug-likeness (QED) is 0.853. The Bertz CT molecular complexity index is 596. The highest BCUT2D eigenvalue weighted by Gasteiger charge is 2.04. The molecule has 0 fully saturated rings. The summed E-state index contributed by atoms with van der Waals surface area (Å²) in [6.07, 6.45) is 0. The molecule has 108 valence electrons. The highest BCUT2D eigenvalue weighted by molar-refractivity contribution is 7.85. The fraction of sp³-hybridized carbons (Fsp3) is 0.200. The fourth-order valence-corrected chi connectivity index (χ4v) is 2.16. The lowest BCUT2D eigenvalue weighted by atomic mass is 10.1. The summed E-state index contributed by atoms with van der Waals surface area (Å²) >= 11 is 0. The molecule has 4 nitrogen and oxygen atoms in total. The van der Waals surface area contributed by atoms with Crippen LogP contribution in [0.15, 0.2) is 60.7 Å². The molecule has 5 heteroatoms. The molecule has 2 aromatic rings. The van der Waals surface area contributed by atoms with Crippen molar-refractivity contribution in [1.82, 2.24) is 0 Å². The van der Waals surface area contributed by atoms with E-state index < -0.39 is 10.1 Å². The summed E-state index contributed by atoms with van der Waals surface area (Å²) in [5, 5.41) is 0. The average Bonchev–Trinajstić information content (AvgIpc) is 2.40. The molecule has 3 N–H and O–H groups in total. The monoisotopic (exact) mass is 293 g/mol. The first-order valence-electron chi connectivity index (χ1n) is 6.18.